The largest absolute Gasteiger partial charge is 0.354 e. The van der Waals surface area contributed by atoms with Crippen molar-refractivity contribution in [2.24, 2.45) is 0 Å². The van der Waals surface area contributed by atoms with Crippen LogP contribution in [0.15, 0.2) is 0 Å². The Morgan fingerprint density at radius 1 is 1.44 bits per heavy atom. The second-order valence-electron chi connectivity index (χ2n) is 3.25. The highest BCUT2D eigenvalue weighted by Crippen LogP contribution is 2.16. The van der Waals surface area contributed by atoms with Crippen LogP contribution in [-0.4, -0.2) is 46.5 Å². The van der Waals surface area contributed by atoms with Crippen LogP contribution < -0.4 is 5.32 Å². The lowest BCUT2D eigenvalue weighted by Crippen LogP contribution is -2.34. The van der Waals surface area contributed by atoms with E-state index >= 15 is 0 Å². The van der Waals surface area contributed by atoms with E-state index in [1.165, 1.54) is 0 Å². The van der Waals surface area contributed by atoms with Crippen LogP contribution in [0.3, 0.4) is 0 Å². The van der Waals surface area contributed by atoms with Crippen molar-refractivity contribution < 1.29 is 9.59 Å². The first-order valence-electron chi connectivity index (χ1n) is 4.72. The quantitative estimate of drug-likeness (QED) is 0.780. The summed E-state index contributed by atoms with van der Waals surface area (Å²) in [6, 6.07) is 0. The lowest BCUT2D eigenvalue weighted by molar-refractivity contribution is -0.120. The number of amides is 2. The maximum absolute atomic E-state index is 11.9. The van der Waals surface area contributed by atoms with Gasteiger partial charge in [0, 0.05) is 26.1 Å². The second kappa shape index (κ2) is 4.75. The van der Waals surface area contributed by atoms with Crippen LogP contribution in [-0.2, 0) is 4.79 Å². The van der Waals surface area contributed by atoms with E-state index < -0.39 is 0 Å². The summed E-state index contributed by atoms with van der Waals surface area (Å²) in [5.41, 5.74) is 0. The number of carbonyl (C=O) groups excluding carboxylic acids is 2. The summed E-state index contributed by atoms with van der Waals surface area (Å²) < 4.78 is 0.243. The number of halogens is 1. The molecular formula is C8H9ClN4O2S. The van der Waals surface area contributed by atoms with E-state index in [1.54, 1.807) is 4.90 Å². The Bertz CT molecular complexity index is 422. The van der Waals surface area contributed by atoms with Gasteiger partial charge in [0.15, 0.2) is 0 Å². The molecule has 6 nitrogen and oxygen atoms in total. The van der Waals surface area contributed by atoms with Gasteiger partial charge in [0.1, 0.15) is 0 Å². The smallest absolute Gasteiger partial charge is 0.284 e. The van der Waals surface area contributed by atoms with Gasteiger partial charge in [0.05, 0.1) is 0 Å². The molecule has 2 heterocycles. The van der Waals surface area contributed by atoms with Crippen LogP contribution in [0, 0.1) is 0 Å². The number of hydrogen-bond donors (Lipinski definition) is 1. The first kappa shape index (κ1) is 11.3. The van der Waals surface area contributed by atoms with Crippen LogP contribution in [0.25, 0.3) is 0 Å². The lowest BCUT2D eigenvalue weighted by Gasteiger charge is -2.17. The fourth-order valence-corrected chi connectivity index (χ4v) is 2.19. The standard InChI is InChI=1S/C8H9ClN4O2S/c9-8-12-11-6(16-8)7(15)13-3-1-5(14)10-2-4-13/h1-4H2,(H,10,14). The molecule has 1 aliphatic rings. The molecule has 0 radical (unpaired) electrons. The van der Waals surface area contributed by atoms with Crippen molar-refractivity contribution in [2.75, 3.05) is 19.6 Å². The third-order valence-electron chi connectivity index (χ3n) is 2.18. The number of nitrogens with zero attached hydrogens (tertiary/aromatic N) is 3. The minimum Gasteiger partial charge on any atom is -0.354 e. The van der Waals surface area contributed by atoms with E-state index in [4.69, 9.17) is 11.6 Å². The molecule has 1 fully saturated rings. The molecule has 8 heteroatoms. The van der Waals surface area contributed by atoms with Crippen LogP contribution in [0.2, 0.25) is 4.47 Å². The molecule has 0 spiro atoms. The monoisotopic (exact) mass is 260 g/mol. The Balaban J connectivity index is 2.06. The summed E-state index contributed by atoms with van der Waals surface area (Å²) in [7, 11) is 0. The molecular weight excluding hydrogens is 252 g/mol. The average molecular weight is 261 g/mol. The summed E-state index contributed by atoms with van der Waals surface area (Å²) >= 11 is 6.65. The molecule has 1 N–H and O–H groups in total. The summed E-state index contributed by atoms with van der Waals surface area (Å²) in [4.78, 5) is 24.6. The fourth-order valence-electron chi connectivity index (χ4n) is 1.40. The lowest BCUT2D eigenvalue weighted by atomic mass is 10.4. The highest BCUT2D eigenvalue weighted by Gasteiger charge is 2.22. The Hall–Kier alpha value is -1.21. The molecule has 0 bridgehead atoms. The van der Waals surface area contributed by atoms with Gasteiger partial charge < -0.3 is 10.2 Å². The molecule has 0 unspecified atom stereocenters. The number of carbonyl (C=O) groups is 2. The molecule has 1 saturated heterocycles. The Morgan fingerprint density at radius 2 is 2.25 bits per heavy atom. The van der Waals surface area contributed by atoms with E-state index in [-0.39, 0.29) is 21.3 Å². The van der Waals surface area contributed by atoms with E-state index in [1.807, 2.05) is 0 Å². The van der Waals surface area contributed by atoms with Gasteiger partial charge in [-0.1, -0.05) is 11.3 Å². The fraction of sp³-hybridized carbons (Fsp3) is 0.500. The van der Waals surface area contributed by atoms with E-state index in [2.05, 4.69) is 15.5 Å². The van der Waals surface area contributed by atoms with Gasteiger partial charge in [-0.3, -0.25) is 9.59 Å². The first-order valence-corrected chi connectivity index (χ1v) is 5.91. The van der Waals surface area contributed by atoms with Gasteiger partial charge >= 0.3 is 0 Å². The third kappa shape index (κ3) is 2.48. The SMILES string of the molecule is O=C1CCN(C(=O)c2nnc(Cl)s2)CCN1. The van der Waals surface area contributed by atoms with Gasteiger partial charge in [0.2, 0.25) is 15.4 Å². The van der Waals surface area contributed by atoms with Crippen LogP contribution >= 0.6 is 22.9 Å². The van der Waals surface area contributed by atoms with Crippen LogP contribution in [0.5, 0.6) is 0 Å². The van der Waals surface area contributed by atoms with Crippen molar-refractivity contribution >= 4 is 34.8 Å². The molecule has 2 amide bonds. The number of nitrogens with one attached hydrogen (secondary N) is 1. The Labute approximate surface area is 101 Å². The maximum atomic E-state index is 11.9. The predicted octanol–water partition coefficient (Wildman–Crippen LogP) is 0.154. The molecule has 0 aliphatic carbocycles. The first-order chi connectivity index (χ1) is 7.66. The van der Waals surface area contributed by atoms with Crippen molar-refractivity contribution in [2.45, 2.75) is 6.42 Å². The third-order valence-corrected chi connectivity index (χ3v) is 3.19. The minimum atomic E-state index is -0.221. The normalized spacial score (nSPS) is 16.8. The predicted molar refractivity (Wildman–Crippen MR) is 58.4 cm³/mol. The summed E-state index contributed by atoms with van der Waals surface area (Å²) in [5, 5.41) is 10.2. The summed E-state index contributed by atoms with van der Waals surface area (Å²) in [5.74, 6) is -0.258. The van der Waals surface area contributed by atoms with Crippen molar-refractivity contribution in [3.8, 4) is 0 Å². The molecule has 1 aromatic rings. The molecule has 0 saturated carbocycles. The molecule has 0 atom stereocenters. The van der Waals surface area contributed by atoms with Crippen molar-refractivity contribution in [3.05, 3.63) is 9.47 Å². The van der Waals surface area contributed by atoms with E-state index in [9.17, 15) is 9.59 Å². The van der Waals surface area contributed by atoms with Crippen molar-refractivity contribution in [1.82, 2.24) is 20.4 Å². The molecule has 86 valence electrons. The topological polar surface area (TPSA) is 75.2 Å². The molecule has 1 aromatic heterocycles. The number of aromatic nitrogens is 2. The molecule has 1 aliphatic heterocycles. The van der Waals surface area contributed by atoms with Crippen molar-refractivity contribution in [3.63, 3.8) is 0 Å². The average Bonchev–Trinajstić information content (AvgIpc) is 2.57. The molecule has 16 heavy (non-hydrogen) atoms. The van der Waals surface area contributed by atoms with Crippen LogP contribution in [0.4, 0.5) is 0 Å². The minimum absolute atomic E-state index is 0.0365. The van der Waals surface area contributed by atoms with Crippen molar-refractivity contribution in [1.29, 1.82) is 0 Å². The van der Waals surface area contributed by atoms with Gasteiger partial charge in [-0.05, 0) is 11.6 Å². The molecule has 2 rings (SSSR count). The maximum Gasteiger partial charge on any atom is 0.284 e. The summed E-state index contributed by atoms with van der Waals surface area (Å²) in [6.45, 7) is 1.36. The second-order valence-corrected chi connectivity index (χ2v) is 4.81. The van der Waals surface area contributed by atoms with Crippen LogP contribution in [0.1, 0.15) is 16.2 Å². The Morgan fingerprint density at radius 3 is 2.94 bits per heavy atom. The zero-order chi connectivity index (χ0) is 11.5. The van der Waals surface area contributed by atoms with E-state index in [0.29, 0.717) is 26.1 Å². The summed E-state index contributed by atoms with van der Waals surface area (Å²) in [6.07, 6.45) is 0.318. The number of rotatable bonds is 1. The van der Waals surface area contributed by atoms with Gasteiger partial charge in [-0.15, -0.1) is 10.2 Å². The highest BCUT2D eigenvalue weighted by molar-refractivity contribution is 7.17. The van der Waals surface area contributed by atoms with Gasteiger partial charge in [-0.2, -0.15) is 0 Å². The zero-order valence-electron chi connectivity index (χ0n) is 8.27. The van der Waals surface area contributed by atoms with E-state index in [0.717, 1.165) is 11.3 Å². The van der Waals surface area contributed by atoms with Gasteiger partial charge in [-0.25, -0.2) is 0 Å². The Kier molecular flexibility index (Phi) is 3.35. The van der Waals surface area contributed by atoms with Gasteiger partial charge in [0.25, 0.3) is 5.91 Å². The zero-order valence-corrected chi connectivity index (χ0v) is 9.85. The number of hydrogen-bond acceptors (Lipinski definition) is 5. The molecule has 0 aromatic carbocycles. The highest BCUT2D eigenvalue weighted by atomic mass is 35.5.